The van der Waals surface area contributed by atoms with E-state index in [0.717, 1.165) is 0 Å². The SMILES string of the molecule is COc1cc([C@@H]2[C@@]3(C#N)C(OC)(OC)N=C(N)[C@]23C#N)cc(OC)c1OC. The zero-order valence-corrected chi connectivity index (χ0v) is 15.7. The Bertz CT molecular complexity index is 873. The third-order valence-corrected chi connectivity index (χ3v) is 5.50. The van der Waals surface area contributed by atoms with Crippen LogP contribution in [0, 0.1) is 33.5 Å². The van der Waals surface area contributed by atoms with E-state index < -0.39 is 22.7 Å². The average Bonchev–Trinajstić information content (AvgIpc) is 3.28. The molecule has 142 valence electrons. The van der Waals surface area contributed by atoms with E-state index in [-0.39, 0.29) is 5.84 Å². The Morgan fingerprint density at radius 2 is 1.52 bits per heavy atom. The van der Waals surface area contributed by atoms with E-state index in [0.29, 0.717) is 22.8 Å². The second kappa shape index (κ2) is 6.02. The summed E-state index contributed by atoms with van der Waals surface area (Å²) in [5, 5.41) is 20.1. The fraction of sp³-hybridized carbons (Fsp3) is 0.500. The molecule has 1 heterocycles. The molecule has 0 amide bonds. The Hall–Kier alpha value is -3.01. The van der Waals surface area contributed by atoms with Crippen LogP contribution in [0.25, 0.3) is 0 Å². The first-order chi connectivity index (χ1) is 12.9. The Morgan fingerprint density at radius 1 is 0.963 bits per heavy atom. The number of fused-ring (bicyclic) bond motifs is 1. The van der Waals surface area contributed by atoms with Crippen LogP contribution in [0.2, 0.25) is 0 Å². The molecule has 1 fully saturated rings. The molecular weight excluding hydrogens is 352 g/mol. The lowest BCUT2D eigenvalue weighted by Gasteiger charge is -2.29. The maximum Gasteiger partial charge on any atom is 0.292 e. The second-order valence-electron chi connectivity index (χ2n) is 6.22. The van der Waals surface area contributed by atoms with Gasteiger partial charge in [0.25, 0.3) is 5.91 Å². The van der Waals surface area contributed by atoms with Crippen molar-refractivity contribution in [3.8, 4) is 29.4 Å². The van der Waals surface area contributed by atoms with Gasteiger partial charge < -0.3 is 29.4 Å². The molecule has 0 spiro atoms. The summed E-state index contributed by atoms with van der Waals surface area (Å²) in [5.41, 5.74) is 3.87. The number of nitrogens with zero attached hydrogens (tertiary/aromatic N) is 3. The topological polar surface area (TPSA) is 132 Å². The number of ether oxygens (including phenoxy) is 5. The molecule has 1 saturated carbocycles. The molecular formula is C18H20N4O5. The highest BCUT2D eigenvalue weighted by atomic mass is 16.7. The minimum absolute atomic E-state index is 0.00555. The third kappa shape index (κ3) is 1.85. The summed E-state index contributed by atoms with van der Waals surface area (Å²) in [6.45, 7) is 0. The molecule has 1 aliphatic carbocycles. The first-order valence-corrected chi connectivity index (χ1v) is 8.02. The summed E-state index contributed by atoms with van der Waals surface area (Å²) >= 11 is 0. The smallest absolute Gasteiger partial charge is 0.292 e. The van der Waals surface area contributed by atoms with E-state index in [4.69, 9.17) is 29.4 Å². The molecule has 2 aliphatic rings. The van der Waals surface area contributed by atoms with Crippen molar-refractivity contribution in [3.63, 3.8) is 0 Å². The van der Waals surface area contributed by atoms with Gasteiger partial charge in [-0.3, -0.25) is 0 Å². The van der Waals surface area contributed by atoms with Crippen LogP contribution in [0.1, 0.15) is 11.5 Å². The Kier molecular flexibility index (Phi) is 4.18. The zero-order valence-electron chi connectivity index (χ0n) is 15.7. The summed E-state index contributed by atoms with van der Waals surface area (Å²) in [4.78, 5) is 4.19. The van der Waals surface area contributed by atoms with Crippen molar-refractivity contribution in [2.75, 3.05) is 35.5 Å². The number of methoxy groups -OCH3 is 5. The van der Waals surface area contributed by atoms with Gasteiger partial charge in [-0.15, -0.1) is 0 Å². The van der Waals surface area contributed by atoms with Crippen molar-refractivity contribution in [3.05, 3.63) is 17.7 Å². The van der Waals surface area contributed by atoms with E-state index in [9.17, 15) is 10.5 Å². The lowest BCUT2D eigenvalue weighted by Crippen LogP contribution is -2.41. The number of amidine groups is 1. The molecule has 1 aliphatic heterocycles. The van der Waals surface area contributed by atoms with Gasteiger partial charge in [0, 0.05) is 20.1 Å². The summed E-state index contributed by atoms with van der Waals surface area (Å²) in [7, 11) is 7.18. The number of hydrogen-bond acceptors (Lipinski definition) is 9. The molecule has 9 heteroatoms. The van der Waals surface area contributed by atoms with Crippen molar-refractivity contribution >= 4 is 5.84 Å². The van der Waals surface area contributed by atoms with E-state index in [1.54, 1.807) is 12.1 Å². The molecule has 2 N–H and O–H groups in total. The number of rotatable bonds is 6. The van der Waals surface area contributed by atoms with Crippen LogP contribution in [0.3, 0.4) is 0 Å². The van der Waals surface area contributed by atoms with Gasteiger partial charge in [-0.25, -0.2) is 4.99 Å². The second-order valence-corrected chi connectivity index (χ2v) is 6.22. The Balaban J connectivity index is 2.27. The van der Waals surface area contributed by atoms with E-state index in [1.165, 1.54) is 35.5 Å². The molecule has 1 aromatic carbocycles. The van der Waals surface area contributed by atoms with E-state index >= 15 is 0 Å². The fourth-order valence-electron chi connectivity index (χ4n) is 4.29. The van der Waals surface area contributed by atoms with Gasteiger partial charge in [-0.05, 0) is 17.7 Å². The molecule has 0 unspecified atom stereocenters. The van der Waals surface area contributed by atoms with Crippen LogP contribution in [0.5, 0.6) is 17.2 Å². The maximum absolute atomic E-state index is 10.1. The summed E-state index contributed by atoms with van der Waals surface area (Å²) < 4.78 is 27.0. The largest absolute Gasteiger partial charge is 0.493 e. The molecule has 0 radical (unpaired) electrons. The first kappa shape index (κ1) is 18.8. The zero-order chi connectivity index (χ0) is 20.0. The highest BCUT2D eigenvalue weighted by Crippen LogP contribution is 2.82. The third-order valence-electron chi connectivity index (χ3n) is 5.50. The van der Waals surface area contributed by atoms with Crippen LogP contribution in [0.4, 0.5) is 0 Å². The molecule has 27 heavy (non-hydrogen) atoms. The van der Waals surface area contributed by atoms with Gasteiger partial charge in [-0.1, -0.05) is 0 Å². The van der Waals surface area contributed by atoms with Crippen LogP contribution in [0.15, 0.2) is 17.1 Å². The van der Waals surface area contributed by atoms with Crippen molar-refractivity contribution in [1.82, 2.24) is 0 Å². The highest BCUT2D eigenvalue weighted by Gasteiger charge is 2.93. The average molecular weight is 372 g/mol. The molecule has 1 aromatic rings. The molecule has 3 rings (SSSR count). The molecule has 3 atom stereocenters. The fourth-order valence-corrected chi connectivity index (χ4v) is 4.29. The van der Waals surface area contributed by atoms with Crippen molar-refractivity contribution in [2.45, 2.75) is 11.8 Å². The molecule has 0 saturated heterocycles. The van der Waals surface area contributed by atoms with Crippen molar-refractivity contribution in [1.29, 1.82) is 10.5 Å². The standard InChI is InChI=1S/C18H20N4O5/c1-23-11-6-10(7-12(24-2)13(11)25-3)14-16(8-19)15(21)22-18(26-4,27-5)17(14,16)9-20/h6-7,14H,1-5H3,(H2,21,22)/t14-,16-,17+/m0/s1. The predicted octanol–water partition coefficient (Wildman–Crippen LogP) is 1.15. The van der Waals surface area contributed by atoms with Gasteiger partial charge in [0.2, 0.25) is 5.75 Å². The lowest BCUT2D eigenvalue weighted by molar-refractivity contribution is -0.230. The van der Waals surface area contributed by atoms with E-state index in [2.05, 4.69) is 17.1 Å². The van der Waals surface area contributed by atoms with Gasteiger partial charge >= 0.3 is 0 Å². The monoisotopic (exact) mass is 372 g/mol. The van der Waals surface area contributed by atoms with Gasteiger partial charge in [0.1, 0.15) is 11.3 Å². The summed E-state index contributed by atoms with van der Waals surface area (Å²) in [5.74, 6) is -1.16. The number of hydrogen-bond donors (Lipinski definition) is 1. The Morgan fingerprint density at radius 3 is 1.89 bits per heavy atom. The van der Waals surface area contributed by atoms with Gasteiger partial charge in [-0.2, -0.15) is 10.5 Å². The van der Waals surface area contributed by atoms with Crippen LogP contribution in [-0.4, -0.2) is 47.3 Å². The predicted molar refractivity (Wildman–Crippen MR) is 93.3 cm³/mol. The van der Waals surface area contributed by atoms with Crippen LogP contribution < -0.4 is 19.9 Å². The molecule has 0 aromatic heterocycles. The van der Waals surface area contributed by atoms with Gasteiger partial charge in [0.15, 0.2) is 16.9 Å². The minimum atomic E-state index is -1.69. The van der Waals surface area contributed by atoms with E-state index in [1.807, 2.05) is 0 Å². The molecule has 9 nitrogen and oxygen atoms in total. The Labute approximate surface area is 156 Å². The van der Waals surface area contributed by atoms with Crippen LogP contribution >= 0.6 is 0 Å². The quantitative estimate of drug-likeness (QED) is 0.735. The normalized spacial score (nSPS) is 29.7. The summed E-state index contributed by atoms with van der Waals surface area (Å²) in [6.07, 6.45) is 0. The minimum Gasteiger partial charge on any atom is -0.493 e. The lowest BCUT2D eigenvalue weighted by atomic mass is 9.93. The number of nitriles is 2. The number of benzene rings is 1. The number of nitrogens with two attached hydrogens (primary N) is 1. The first-order valence-electron chi connectivity index (χ1n) is 8.02. The maximum atomic E-state index is 10.1. The van der Waals surface area contributed by atoms with Crippen molar-refractivity contribution in [2.24, 2.45) is 21.6 Å². The van der Waals surface area contributed by atoms with Gasteiger partial charge in [0.05, 0.1) is 33.5 Å². The molecule has 0 bridgehead atoms. The number of aliphatic imine (C=N–C) groups is 1. The van der Waals surface area contributed by atoms with Crippen molar-refractivity contribution < 1.29 is 23.7 Å². The summed E-state index contributed by atoms with van der Waals surface area (Å²) in [6, 6.07) is 7.75. The van der Waals surface area contributed by atoms with Crippen LogP contribution in [-0.2, 0) is 9.47 Å². The highest BCUT2D eigenvalue weighted by molar-refractivity contribution is 6.00.